The van der Waals surface area contributed by atoms with Gasteiger partial charge in [-0.15, -0.1) is 0 Å². The Hall–Kier alpha value is -1.41. The maximum atomic E-state index is 5.90. The zero-order valence-electron chi connectivity index (χ0n) is 12.3. The molecule has 106 valence electrons. The maximum absolute atomic E-state index is 5.90. The number of hydrogen-bond donors (Lipinski definition) is 0. The van der Waals surface area contributed by atoms with Gasteiger partial charge < -0.3 is 4.74 Å². The Labute approximate surface area is 126 Å². The molecule has 20 heavy (non-hydrogen) atoms. The van der Waals surface area contributed by atoms with Crippen molar-refractivity contribution in [2.45, 2.75) is 42.9 Å². The van der Waals surface area contributed by atoms with Crippen LogP contribution in [-0.2, 0) is 6.42 Å². The number of rotatable bonds is 7. The number of benzene rings is 2. The molecule has 0 unspecified atom stereocenters. The lowest BCUT2D eigenvalue weighted by Gasteiger charge is -2.14. The van der Waals surface area contributed by atoms with Crippen LogP contribution in [0.4, 0.5) is 0 Å². The van der Waals surface area contributed by atoms with Crippen LogP contribution in [0.15, 0.2) is 58.3 Å². The SMILES string of the molecule is CCCOc1cccc(Sc2ccccc2)c1CCC. The Bertz CT molecular complexity index is 522. The van der Waals surface area contributed by atoms with Crippen LogP contribution >= 0.6 is 11.8 Å². The van der Waals surface area contributed by atoms with Crippen molar-refractivity contribution in [2.24, 2.45) is 0 Å². The van der Waals surface area contributed by atoms with E-state index < -0.39 is 0 Å². The van der Waals surface area contributed by atoms with E-state index in [0.717, 1.165) is 31.6 Å². The monoisotopic (exact) mass is 286 g/mol. The van der Waals surface area contributed by atoms with E-state index in [1.165, 1.54) is 15.4 Å². The van der Waals surface area contributed by atoms with Crippen LogP contribution in [0.2, 0.25) is 0 Å². The summed E-state index contributed by atoms with van der Waals surface area (Å²) in [5.41, 5.74) is 1.34. The lowest BCUT2D eigenvalue weighted by Crippen LogP contribution is -2.00. The zero-order valence-corrected chi connectivity index (χ0v) is 13.1. The summed E-state index contributed by atoms with van der Waals surface area (Å²) >= 11 is 1.82. The third-order valence-electron chi connectivity index (χ3n) is 3.02. The van der Waals surface area contributed by atoms with Gasteiger partial charge in [-0.3, -0.25) is 0 Å². The first-order chi connectivity index (χ1) is 9.85. The molecule has 0 spiro atoms. The molecule has 2 rings (SSSR count). The van der Waals surface area contributed by atoms with Crippen LogP contribution in [-0.4, -0.2) is 6.61 Å². The summed E-state index contributed by atoms with van der Waals surface area (Å²) in [6.07, 6.45) is 3.24. The molecule has 0 N–H and O–H groups in total. The quantitative estimate of drug-likeness (QED) is 0.657. The molecule has 0 aliphatic heterocycles. The maximum Gasteiger partial charge on any atom is 0.123 e. The molecule has 0 aliphatic rings. The molecular weight excluding hydrogens is 264 g/mol. The topological polar surface area (TPSA) is 9.23 Å². The highest BCUT2D eigenvalue weighted by Crippen LogP contribution is 2.35. The van der Waals surface area contributed by atoms with Gasteiger partial charge >= 0.3 is 0 Å². The van der Waals surface area contributed by atoms with Crippen LogP contribution < -0.4 is 4.74 Å². The molecule has 0 aliphatic carbocycles. The Kier molecular flexibility index (Phi) is 6.00. The minimum Gasteiger partial charge on any atom is -0.493 e. The van der Waals surface area contributed by atoms with E-state index in [9.17, 15) is 0 Å². The molecule has 0 bridgehead atoms. The van der Waals surface area contributed by atoms with Crippen LogP contribution in [0, 0.1) is 0 Å². The fourth-order valence-corrected chi connectivity index (χ4v) is 3.12. The lowest BCUT2D eigenvalue weighted by atomic mass is 10.1. The van der Waals surface area contributed by atoms with Crippen LogP contribution in [0.25, 0.3) is 0 Å². The molecule has 0 saturated heterocycles. The molecule has 2 aromatic rings. The Morgan fingerprint density at radius 3 is 2.40 bits per heavy atom. The fourth-order valence-electron chi connectivity index (χ4n) is 2.10. The highest BCUT2D eigenvalue weighted by Gasteiger charge is 2.10. The minimum atomic E-state index is 0.788. The molecule has 0 amide bonds. The molecule has 1 nitrogen and oxygen atoms in total. The first kappa shape index (κ1) is 15.0. The van der Waals surface area contributed by atoms with Gasteiger partial charge in [0.1, 0.15) is 5.75 Å². The van der Waals surface area contributed by atoms with Crippen molar-refractivity contribution in [3.8, 4) is 5.75 Å². The van der Waals surface area contributed by atoms with Crippen LogP contribution in [0.1, 0.15) is 32.3 Å². The van der Waals surface area contributed by atoms with E-state index in [1.807, 2.05) is 11.8 Å². The summed E-state index contributed by atoms with van der Waals surface area (Å²) in [4.78, 5) is 2.59. The van der Waals surface area contributed by atoms with E-state index in [0.29, 0.717) is 0 Å². The number of hydrogen-bond acceptors (Lipinski definition) is 2. The van der Waals surface area contributed by atoms with Gasteiger partial charge in [0.25, 0.3) is 0 Å². The van der Waals surface area contributed by atoms with E-state index >= 15 is 0 Å². The standard InChI is InChI=1S/C18H22OS/c1-3-9-16-17(19-14-4-2)12-8-13-18(16)20-15-10-6-5-7-11-15/h5-8,10-13H,3-4,9,14H2,1-2H3. The summed E-state index contributed by atoms with van der Waals surface area (Å²) in [5.74, 6) is 1.05. The van der Waals surface area contributed by atoms with Gasteiger partial charge in [-0.1, -0.05) is 56.3 Å². The van der Waals surface area contributed by atoms with Crippen molar-refractivity contribution in [3.05, 3.63) is 54.1 Å². The van der Waals surface area contributed by atoms with Crippen LogP contribution in [0.3, 0.4) is 0 Å². The van der Waals surface area contributed by atoms with Gasteiger partial charge in [0.05, 0.1) is 6.61 Å². The second kappa shape index (κ2) is 8.01. The summed E-state index contributed by atoms with van der Waals surface area (Å²) in [6.45, 7) is 5.14. The smallest absolute Gasteiger partial charge is 0.123 e. The van der Waals surface area contributed by atoms with Gasteiger partial charge in [0, 0.05) is 15.4 Å². The summed E-state index contributed by atoms with van der Waals surface area (Å²) in [7, 11) is 0. The summed E-state index contributed by atoms with van der Waals surface area (Å²) in [6, 6.07) is 16.9. The van der Waals surface area contributed by atoms with Gasteiger partial charge in [-0.05, 0) is 37.1 Å². The normalized spacial score (nSPS) is 10.5. The van der Waals surface area contributed by atoms with Crippen molar-refractivity contribution in [1.29, 1.82) is 0 Å². The summed E-state index contributed by atoms with van der Waals surface area (Å²) < 4.78 is 5.90. The molecule has 0 saturated carbocycles. The van der Waals surface area contributed by atoms with Crippen molar-refractivity contribution >= 4 is 11.8 Å². The minimum absolute atomic E-state index is 0.788. The fraction of sp³-hybridized carbons (Fsp3) is 0.333. The molecule has 0 aromatic heterocycles. The third-order valence-corrected chi connectivity index (χ3v) is 4.13. The third kappa shape index (κ3) is 4.04. The van der Waals surface area contributed by atoms with Crippen molar-refractivity contribution in [3.63, 3.8) is 0 Å². The summed E-state index contributed by atoms with van der Waals surface area (Å²) in [5, 5.41) is 0. The average molecular weight is 286 g/mol. The van der Waals surface area contributed by atoms with Crippen LogP contribution in [0.5, 0.6) is 5.75 Å². The molecule has 0 radical (unpaired) electrons. The van der Waals surface area contributed by atoms with E-state index in [2.05, 4.69) is 62.4 Å². The second-order valence-electron chi connectivity index (χ2n) is 4.75. The average Bonchev–Trinajstić information content (AvgIpc) is 2.49. The highest BCUT2D eigenvalue weighted by molar-refractivity contribution is 7.99. The molecule has 2 heteroatoms. The predicted molar refractivity (Wildman–Crippen MR) is 86.8 cm³/mol. The molecule has 0 heterocycles. The van der Waals surface area contributed by atoms with Gasteiger partial charge in [-0.25, -0.2) is 0 Å². The van der Waals surface area contributed by atoms with E-state index in [-0.39, 0.29) is 0 Å². The van der Waals surface area contributed by atoms with Crippen molar-refractivity contribution in [1.82, 2.24) is 0 Å². The first-order valence-corrected chi connectivity index (χ1v) is 8.14. The molecular formula is C18H22OS. The van der Waals surface area contributed by atoms with Gasteiger partial charge in [0.2, 0.25) is 0 Å². The predicted octanol–water partition coefficient (Wildman–Crippen LogP) is 5.58. The number of ether oxygens (including phenoxy) is 1. The van der Waals surface area contributed by atoms with Crippen molar-refractivity contribution < 1.29 is 4.74 Å². The van der Waals surface area contributed by atoms with Gasteiger partial charge in [-0.2, -0.15) is 0 Å². The highest BCUT2D eigenvalue weighted by atomic mass is 32.2. The second-order valence-corrected chi connectivity index (χ2v) is 5.86. The molecule has 2 aromatic carbocycles. The first-order valence-electron chi connectivity index (χ1n) is 7.32. The largest absolute Gasteiger partial charge is 0.493 e. The Balaban J connectivity index is 2.26. The zero-order chi connectivity index (χ0) is 14.2. The Morgan fingerprint density at radius 1 is 0.900 bits per heavy atom. The van der Waals surface area contributed by atoms with Gasteiger partial charge in [0.15, 0.2) is 0 Å². The van der Waals surface area contributed by atoms with E-state index in [1.54, 1.807) is 0 Å². The van der Waals surface area contributed by atoms with E-state index in [4.69, 9.17) is 4.74 Å². The lowest BCUT2D eigenvalue weighted by molar-refractivity contribution is 0.313. The van der Waals surface area contributed by atoms with Crippen molar-refractivity contribution in [2.75, 3.05) is 6.61 Å². The molecule has 0 atom stereocenters. The molecule has 0 fully saturated rings. The Morgan fingerprint density at radius 2 is 1.70 bits per heavy atom.